The Hall–Kier alpha value is -3.17. The Balaban J connectivity index is 1.56. The lowest BCUT2D eigenvalue weighted by molar-refractivity contribution is 0.312. The molecule has 0 spiro atoms. The molecule has 1 heterocycles. The van der Waals surface area contributed by atoms with E-state index in [1.165, 1.54) is 11.3 Å². The van der Waals surface area contributed by atoms with Crippen molar-refractivity contribution in [2.24, 2.45) is 5.10 Å². The van der Waals surface area contributed by atoms with E-state index in [1.54, 1.807) is 6.21 Å². The lowest BCUT2D eigenvalue weighted by Gasteiger charge is -2.05. The maximum absolute atomic E-state index is 8.53. The SMILES string of the molecule is N#CCCCOc1cccc(C=NNc2nc(-c3ccccc3)cs2)c1. The lowest BCUT2D eigenvalue weighted by Crippen LogP contribution is -1.97. The minimum absolute atomic E-state index is 0.504. The first kappa shape index (κ1) is 17.6. The fourth-order valence-electron chi connectivity index (χ4n) is 2.25. The second-order valence-electron chi connectivity index (χ2n) is 5.46. The van der Waals surface area contributed by atoms with Crippen molar-refractivity contribution < 1.29 is 4.74 Å². The van der Waals surface area contributed by atoms with Crippen LogP contribution in [0.1, 0.15) is 18.4 Å². The predicted octanol–water partition coefficient (Wildman–Crippen LogP) is 4.94. The van der Waals surface area contributed by atoms with Crippen LogP contribution < -0.4 is 10.2 Å². The molecule has 0 radical (unpaired) electrons. The minimum atomic E-state index is 0.504. The molecule has 1 N–H and O–H groups in total. The fraction of sp³-hybridized carbons (Fsp3) is 0.150. The number of benzene rings is 2. The van der Waals surface area contributed by atoms with Crippen LogP contribution >= 0.6 is 11.3 Å². The molecule has 0 unspecified atom stereocenters. The van der Waals surface area contributed by atoms with Gasteiger partial charge < -0.3 is 4.74 Å². The maximum atomic E-state index is 8.53. The van der Waals surface area contributed by atoms with Gasteiger partial charge in [-0.15, -0.1) is 11.3 Å². The van der Waals surface area contributed by atoms with Gasteiger partial charge in [-0.2, -0.15) is 10.4 Å². The highest BCUT2D eigenvalue weighted by atomic mass is 32.1. The monoisotopic (exact) mass is 362 g/mol. The quantitative estimate of drug-likeness (QED) is 0.350. The van der Waals surface area contributed by atoms with Crippen molar-refractivity contribution >= 4 is 22.7 Å². The number of hydrogen-bond donors (Lipinski definition) is 1. The van der Waals surface area contributed by atoms with Crippen molar-refractivity contribution in [3.8, 4) is 23.1 Å². The molecule has 0 atom stereocenters. The van der Waals surface area contributed by atoms with E-state index >= 15 is 0 Å². The second kappa shape index (κ2) is 9.35. The molecule has 0 bridgehead atoms. The molecule has 3 rings (SSSR count). The summed E-state index contributed by atoms with van der Waals surface area (Å²) in [5.41, 5.74) is 5.91. The summed E-state index contributed by atoms with van der Waals surface area (Å²) < 4.78 is 5.62. The third kappa shape index (κ3) is 5.16. The lowest BCUT2D eigenvalue weighted by atomic mass is 10.2. The van der Waals surface area contributed by atoms with Crippen molar-refractivity contribution in [1.29, 1.82) is 5.26 Å². The average Bonchev–Trinajstić information content (AvgIpc) is 3.15. The normalized spacial score (nSPS) is 10.6. The molecular formula is C20H18N4OS. The summed E-state index contributed by atoms with van der Waals surface area (Å²) in [5, 5.41) is 15.5. The van der Waals surface area contributed by atoms with E-state index in [4.69, 9.17) is 10.00 Å². The predicted molar refractivity (Wildman–Crippen MR) is 106 cm³/mol. The maximum Gasteiger partial charge on any atom is 0.203 e. The summed E-state index contributed by atoms with van der Waals surface area (Å²) in [7, 11) is 0. The van der Waals surface area contributed by atoms with Crippen molar-refractivity contribution in [3.05, 3.63) is 65.5 Å². The average molecular weight is 362 g/mol. The van der Waals surface area contributed by atoms with Crippen LogP contribution in [-0.2, 0) is 0 Å². The van der Waals surface area contributed by atoms with Crippen molar-refractivity contribution in [3.63, 3.8) is 0 Å². The number of unbranched alkanes of at least 4 members (excludes halogenated alkanes) is 1. The number of nitriles is 1. The summed E-state index contributed by atoms with van der Waals surface area (Å²) in [6, 6.07) is 19.8. The molecule has 26 heavy (non-hydrogen) atoms. The first-order valence-electron chi connectivity index (χ1n) is 8.25. The van der Waals surface area contributed by atoms with Crippen LogP contribution in [0.4, 0.5) is 5.13 Å². The molecule has 0 aliphatic rings. The van der Waals surface area contributed by atoms with Gasteiger partial charge in [-0.1, -0.05) is 42.5 Å². The summed E-state index contributed by atoms with van der Waals surface area (Å²) in [5.74, 6) is 0.771. The number of ether oxygens (including phenoxy) is 1. The van der Waals surface area contributed by atoms with Gasteiger partial charge in [-0.25, -0.2) is 4.98 Å². The molecule has 0 saturated heterocycles. The van der Waals surface area contributed by atoms with E-state index in [0.717, 1.165) is 34.1 Å². The van der Waals surface area contributed by atoms with Gasteiger partial charge in [0.1, 0.15) is 5.75 Å². The summed E-state index contributed by atoms with van der Waals surface area (Å²) >= 11 is 1.51. The first-order valence-corrected chi connectivity index (χ1v) is 9.13. The number of nitrogens with zero attached hydrogens (tertiary/aromatic N) is 3. The van der Waals surface area contributed by atoms with Gasteiger partial charge in [0.2, 0.25) is 5.13 Å². The Morgan fingerprint density at radius 1 is 1.19 bits per heavy atom. The number of anilines is 1. The fourth-order valence-corrected chi connectivity index (χ4v) is 2.92. The molecule has 1 aromatic heterocycles. The van der Waals surface area contributed by atoms with E-state index in [2.05, 4.69) is 21.6 Å². The molecule has 0 saturated carbocycles. The summed E-state index contributed by atoms with van der Waals surface area (Å²) in [6.45, 7) is 0.536. The van der Waals surface area contributed by atoms with Gasteiger partial charge in [0, 0.05) is 17.4 Å². The Labute approximate surface area is 156 Å². The minimum Gasteiger partial charge on any atom is -0.494 e. The Morgan fingerprint density at radius 2 is 2.08 bits per heavy atom. The van der Waals surface area contributed by atoms with Crippen LogP contribution in [0.25, 0.3) is 11.3 Å². The standard InChI is InChI=1S/C20H18N4OS/c21-11-4-5-12-25-18-10-6-7-16(13-18)14-22-24-20-23-19(15-26-20)17-8-2-1-3-9-17/h1-3,6-10,13-15H,4-5,12H2,(H,23,24). The third-order valence-electron chi connectivity index (χ3n) is 3.51. The topological polar surface area (TPSA) is 70.3 Å². The van der Waals surface area contributed by atoms with Crippen LogP contribution in [0.15, 0.2) is 65.1 Å². The Morgan fingerprint density at radius 3 is 2.92 bits per heavy atom. The molecule has 6 heteroatoms. The molecule has 0 aliphatic carbocycles. The molecule has 130 valence electrons. The van der Waals surface area contributed by atoms with Crippen LogP contribution in [-0.4, -0.2) is 17.8 Å². The van der Waals surface area contributed by atoms with E-state index in [9.17, 15) is 0 Å². The van der Waals surface area contributed by atoms with Gasteiger partial charge in [0.15, 0.2) is 0 Å². The van der Waals surface area contributed by atoms with E-state index in [0.29, 0.717) is 13.0 Å². The van der Waals surface area contributed by atoms with Gasteiger partial charge in [0.05, 0.1) is 24.6 Å². The molecule has 3 aromatic rings. The number of rotatable bonds is 8. The van der Waals surface area contributed by atoms with Crippen LogP contribution in [0.2, 0.25) is 0 Å². The second-order valence-corrected chi connectivity index (χ2v) is 6.31. The molecule has 0 amide bonds. The summed E-state index contributed by atoms with van der Waals surface area (Å²) in [6.07, 6.45) is 2.96. The molecule has 5 nitrogen and oxygen atoms in total. The smallest absolute Gasteiger partial charge is 0.203 e. The number of nitrogens with one attached hydrogen (secondary N) is 1. The number of hydrogen-bond acceptors (Lipinski definition) is 6. The van der Waals surface area contributed by atoms with E-state index in [-0.39, 0.29) is 0 Å². The first-order chi connectivity index (χ1) is 12.8. The van der Waals surface area contributed by atoms with Crippen LogP contribution in [0, 0.1) is 11.3 Å². The highest BCUT2D eigenvalue weighted by molar-refractivity contribution is 7.14. The van der Waals surface area contributed by atoms with Crippen molar-refractivity contribution in [2.75, 3.05) is 12.0 Å². The largest absolute Gasteiger partial charge is 0.494 e. The molecule has 0 fully saturated rings. The highest BCUT2D eigenvalue weighted by Gasteiger charge is 2.02. The van der Waals surface area contributed by atoms with Gasteiger partial charge >= 0.3 is 0 Å². The highest BCUT2D eigenvalue weighted by Crippen LogP contribution is 2.24. The van der Waals surface area contributed by atoms with Gasteiger partial charge in [-0.3, -0.25) is 5.43 Å². The van der Waals surface area contributed by atoms with Crippen molar-refractivity contribution in [1.82, 2.24) is 4.98 Å². The summed E-state index contributed by atoms with van der Waals surface area (Å²) in [4.78, 5) is 4.53. The zero-order chi connectivity index (χ0) is 18.0. The van der Waals surface area contributed by atoms with Gasteiger partial charge in [-0.05, 0) is 24.1 Å². The van der Waals surface area contributed by atoms with Crippen molar-refractivity contribution in [2.45, 2.75) is 12.8 Å². The van der Waals surface area contributed by atoms with Crippen LogP contribution in [0.3, 0.4) is 0 Å². The molecule has 0 aliphatic heterocycles. The Kier molecular flexibility index (Phi) is 6.35. The third-order valence-corrected chi connectivity index (χ3v) is 4.25. The zero-order valence-corrected chi connectivity index (χ0v) is 14.9. The van der Waals surface area contributed by atoms with Gasteiger partial charge in [0.25, 0.3) is 0 Å². The van der Waals surface area contributed by atoms with E-state index < -0.39 is 0 Å². The zero-order valence-electron chi connectivity index (χ0n) is 14.1. The molecule has 2 aromatic carbocycles. The Bertz CT molecular complexity index is 899. The van der Waals surface area contributed by atoms with Crippen LogP contribution in [0.5, 0.6) is 5.75 Å². The number of hydrazone groups is 1. The van der Waals surface area contributed by atoms with E-state index in [1.807, 2.05) is 60.0 Å². The number of thiazole rings is 1. The number of aromatic nitrogens is 1. The molecular weight excluding hydrogens is 344 g/mol.